The van der Waals surface area contributed by atoms with E-state index in [2.05, 4.69) is 15.6 Å². The first kappa shape index (κ1) is 21.3. The zero-order valence-corrected chi connectivity index (χ0v) is 17.6. The van der Waals surface area contributed by atoms with E-state index in [4.69, 9.17) is 4.74 Å². The Labute approximate surface area is 176 Å². The summed E-state index contributed by atoms with van der Waals surface area (Å²) in [5, 5.41) is 5.40. The van der Waals surface area contributed by atoms with Crippen molar-refractivity contribution in [3.63, 3.8) is 0 Å². The number of nitrogens with one attached hydrogen (secondary N) is 2. The molecule has 0 radical (unpaired) electrons. The number of benzene rings is 2. The zero-order chi connectivity index (χ0) is 21.6. The summed E-state index contributed by atoms with van der Waals surface area (Å²) in [6, 6.07) is 14.7. The molecule has 0 aliphatic heterocycles. The van der Waals surface area contributed by atoms with Crippen LogP contribution in [0.15, 0.2) is 71.9 Å². The van der Waals surface area contributed by atoms with Crippen molar-refractivity contribution in [2.75, 3.05) is 12.4 Å². The maximum absolute atomic E-state index is 12.8. The van der Waals surface area contributed by atoms with Crippen molar-refractivity contribution < 1.29 is 17.9 Å². The van der Waals surface area contributed by atoms with Crippen molar-refractivity contribution in [1.82, 2.24) is 10.3 Å². The van der Waals surface area contributed by atoms with Crippen LogP contribution in [-0.2, 0) is 22.1 Å². The number of pyridine rings is 1. The van der Waals surface area contributed by atoms with Gasteiger partial charge in [-0.25, -0.2) is 13.2 Å². The molecule has 0 aliphatic carbocycles. The summed E-state index contributed by atoms with van der Waals surface area (Å²) < 4.78 is 30.9. The third-order valence-electron chi connectivity index (χ3n) is 4.61. The van der Waals surface area contributed by atoms with Crippen LogP contribution in [0, 0.1) is 6.92 Å². The molecule has 1 aromatic heterocycles. The van der Waals surface area contributed by atoms with Crippen molar-refractivity contribution in [3.8, 4) is 5.75 Å². The summed E-state index contributed by atoms with van der Waals surface area (Å²) in [5.41, 5.74) is 2.86. The van der Waals surface area contributed by atoms with Gasteiger partial charge in [0.1, 0.15) is 5.75 Å². The number of hydrogen-bond donors (Lipinski definition) is 2. The highest BCUT2D eigenvalue weighted by Crippen LogP contribution is 2.25. The van der Waals surface area contributed by atoms with Crippen LogP contribution >= 0.6 is 0 Å². The van der Waals surface area contributed by atoms with Gasteiger partial charge in [0.05, 0.1) is 17.8 Å². The molecule has 2 N–H and O–H groups in total. The maximum atomic E-state index is 12.8. The van der Waals surface area contributed by atoms with E-state index in [9.17, 15) is 13.2 Å². The van der Waals surface area contributed by atoms with E-state index in [0.29, 0.717) is 23.5 Å². The van der Waals surface area contributed by atoms with Crippen LogP contribution in [0.4, 0.5) is 10.5 Å². The first-order chi connectivity index (χ1) is 14.4. The minimum Gasteiger partial charge on any atom is -0.496 e. The Morgan fingerprint density at radius 2 is 1.83 bits per heavy atom. The monoisotopic (exact) mass is 425 g/mol. The van der Waals surface area contributed by atoms with E-state index in [1.165, 1.54) is 12.1 Å². The van der Waals surface area contributed by atoms with Crippen LogP contribution in [0.1, 0.15) is 16.7 Å². The molecule has 0 bridgehead atoms. The minimum atomic E-state index is -3.54. The van der Waals surface area contributed by atoms with Crippen LogP contribution in [0.5, 0.6) is 5.75 Å². The summed E-state index contributed by atoms with van der Waals surface area (Å²) in [5.74, 6) is 0.522. The van der Waals surface area contributed by atoms with E-state index in [-0.39, 0.29) is 16.7 Å². The molecule has 8 heteroatoms. The molecule has 3 aromatic rings. The Balaban J connectivity index is 1.63. The van der Waals surface area contributed by atoms with Crippen molar-refractivity contribution >= 4 is 21.6 Å². The first-order valence-electron chi connectivity index (χ1n) is 9.28. The largest absolute Gasteiger partial charge is 0.496 e. The van der Waals surface area contributed by atoms with Crippen LogP contribution < -0.4 is 15.4 Å². The zero-order valence-electron chi connectivity index (χ0n) is 16.8. The summed E-state index contributed by atoms with van der Waals surface area (Å²) in [4.78, 5) is 16.2. The summed E-state index contributed by atoms with van der Waals surface area (Å²) in [6.07, 6.45) is 3.33. The number of methoxy groups -OCH3 is 1. The van der Waals surface area contributed by atoms with Gasteiger partial charge in [-0.3, -0.25) is 4.98 Å². The average molecular weight is 426 g/mol. The lowest BCUT2D eigenvalue weighted by Crippen LogP contribution is -2.28. The van der Waals surface area contributed by atoms with Gasteiger partial charge in [0.2, 0.25) is 0 Å². The standard InChI is InChI=1S/C22H23N3O4S/c1-16-18(6-3-7-21(16)29-2)15-30(27,28)20-10-8-19(9-11-20)25-22(26)24-14-17-5-4-12-23-13-17/h3-13H,14-15H2,1-2H3,(H2,24,25,26). The lowest BCUT2D eigenvalue weighted by Gasteiger charge is -2.12. The number of anilines is 1. The van der Waals surface area contributed by atoms with Crippen LogP contribution in [0.2, 0.25) is 0 Å². The number of nitrogens with zero attached hydrogens (tertiary/aromatic N) is 1. The van der Waals surface area contributed by atoms with Gasteiger partial charge in [-0.2, -0.15) is 0 Å². The molecule has 3 rings (SSSR count). The molecule has 0 aliphatic rings. The molecular formula is C22H23N3O4S. The Kier molecular flexibility index (Phi) is 6.68. The second-order valence-corrected chi connectivity index (χ2v) is 8.69. The van der Waals surface area contributed by atoms with Gasteiger partial charge in [0, 0.05) is 24.6 Å². The van der Waals surface area contributed by atoms with Crippen molar-refractivity contribution in [1.29, 1.82) is 0 Å². The molecule has 1 heterocycles. The average Bonchev–Trinajstić information content (AvgIpc) is 2.75. The Bertz CT molecular complexity index is 1110. The Morgan fingerprint density at radius 3 is 2.50 bits per heavy atom. The maximum Gasteiger partial charge on any atom is 0.319 e. The number of ether oxygens (including phenoxy) is 1. The molecule has 0 saturated carbocycles. The highest BCUT2D eigenvalue weighted by molar-refractivity contribution is 7.90. The van der Waals surface area contributed by atoms with Gasteiger partial charge in [-0.15, -0.1) is 0 Å². The number of amides is 2. The fourth-order valence-electron chi connectivity index (χ4n) is 2.93. The van der Waals surface area contributed by atoms with Crippen molar-refractivity contribution in [3.05, 3.63) is 83.7 Å². The third-order valence-corrected chi connectivity index (χ3v) is 6.29. The molecule has 156 valence electrons. The number of hydrogen-bond acceptors (Lipinski definition) is 5. The highest BCUT2D eigenvalue weighted by atomic mass is 32.2. The number of rotatable bonds is 7. The molecular weight excluding hydrogens is 402 g/mol. The number of carbonyl (C=O) groups excluding carboxylic acids is 1. The SMILES string of the molecule is COc1cccc(CS(=O)(=O)c2ccc(NC(=O)NCc3cccnc3)cc2)c1C. The Morgan fingerprint density at radius 1 is 1.07 bits per heavy atom. The van der Waals surface area contributed by atoms with E-state index >= 15 is 0 Å². The van der Waals surface area contributed by atoms with Gasteiger partial charge in [0.25, 0.3) is 0 Å². The second kappa shape index (κ2) is 9.41. The predicted molar refractivity (Wildman–Crippen MR) is 115 cm³/mol. The van der Waals surface area contributed by atoms with Crippen LogP contribution in [-0.4, -0.2) is 26.5 Å². The predicted octanol–water partition coefficient (Wildman–Crippen LogP) is 3.69. The van der Waals surface area contributed by atoms with Crippen LogP contribution in [0.25, 0.3) is 0 Å². The number of sulfone groups is 1. The fraction of sp³-hybridized carbons (Fsp3) is 0.182. The molecule has 0 unspecified atom stereocenters. The van der Waals surface area contributed by atoms with Gasteiger partial charge < -0.3 is 15.4 Å². The molecule has 7 nitrogen and oxygen atoms in total. The molecule has 2 amide bonds. The van der Waals surface area contributed by atoms with E-state index < -0.39 is 9.84 Å². The third kappa shape index (κ3) is 5.36. The van der Waals surface area contributed by atoms with Gasteiger partial charge in [-0.1, -0.05) is 18.2 Å². The topological polar surface area (TPSA) is 97.4 Å². The highest BCUT2D eigenvalue weighted by Gasteiger charge is 2.18. The minimum absolute atomic E-state index is 0.131. The van der Waals surface area contributed by atoms with E-state index in [1.807, 2.05) is 13.0 Å². The summed E-state index contributed by atoms with van der Waals surface area (Å²) in [7, 11) is -1.99. The van der Waals surface area contributed by atoms with Crippen molar-refractivity contribution in [2.45, 2.75) is 24.1 Å². The molecule has 30 heavy (non-hydrogen) atoms. The lowest BCUT2D eigenvalue weighted by atomic mass is 10.1. The molecule has 0 atom stereocenters. The molecule has 0 fully saturated rings. The van der Waals surface area contributed by atoms with E-state index in [0.717, 1.165) is 11.1 Å². The molecule has 0 saturated heterocycles. The lowest BCUT2D eigenvalue weighted by molar-refractivity contribution is 0.251. The van der Waals surface area contributed by atoms with E-state index in [1.54, 1.807) is 55.9 Å². The fourth-order valence-corrected chi connectivity index (χ4v) is 4.37. The van der Waals surface area contributed by atoms with Gasteiger partial charge >= 0.3 is 6.03 Å². The smallest absolute Gasteiger partial charge is 0.319 e. The number of urea groups is 1. The Hall–Kier alpha value is -3.39. The first-order valence-corrected chi connectivity index (χ1v) is 10.9. The summed E-state index contributed by atoms with van der Waals surface area (Å²) >= 11 is 0. The second-order valence-electron chi connectivity index (χ2n) is 6.70. The number of carbonyl (C=O) groups is 1. The molecule has 2 aromatic carbocycles. The quantitative estimate of drug-likeness (QED) is 0.602. The number of aromatic nitrogens is 1. The van der Waals surface area contributed by atoms with Gasteiger partial charge in [-0.05, 0) is 60.0 Å². The normalized spacial score (nSPS) is 11.0. The van der Waals surface area contributed by atoms with Crippen molar-refractivity contribution in [2.24, 2.45) is 0 Å². The van der Waals surface area contributed by atoms with Crippen LogP contribution in [0.3, 0.4) is 0 Å². The molecule has 0 spiro atoms. The summed E-state index contributed by atoms with van der Waals surface area (Å²) in [6.45, 7) is 2.17. The van der Waals surface area contributed by atoms with Gasteiger partial charge in [0.15, 0.2) is 9.84 Å².